The predicted octanol–water partition coefficient (Wildman–Crippen LogP) is 2.70. The van der Waals surface area contributed by atoms with Crippen LogP contribution in [0.1, 0.15) is 46.5 Å². The van der Waals surface area contributed by atoms with E-state index in [0.717, 1.165) is 12.8 Å². The van der Waals surface area contributed by atoms with E-state index in [-0.39, 0.29) is 0 Å². The van der Waals surface area contributed by atoms with Crippen LogP contribution in [-0.4, -0.2) is 24.1 Å². The molecule has 0 heterocycles. The Hall–Kier alpha value is 0.640. The monoisotopic (exact) mass is 347 g/mol. The molecule has 5 heteroatoms. The van der Waals surface area contributed by atoms with Gasteiger partial charge in [0.25, 0.3) is 0 Å². The molecule has 92 valence electrons. The zero-order chi connectivity index (χ0) is 11.9. The van der Waals surface area contributed by atoms with Crippen molar-refractivity contribution in [1.29, 1.82) is 0 Å². The van der Waals surface area contributed by atoms with Crippen molar-refractivity contribution in [3.8, 4) is 0 Å². The summed E-state index contributed by atoms with van der Waals surface area (Å²) >= 11 is 2.36. The van der Waals surface area contributed by atoms with E-state index in [1.54, 1.807) is 20.8 Å². The Balaban J connectivity index is 3.69. The second kappa shape index (κ2) is 7.06. The summed E-state index contributed by atoms with van der Waals surface area (Å²) in [6.45, 7) is 5.71. The van der Waals surface area contributed by atoms with Crippen LogP contribution >= 0.6 is 22.6 Å². The number of hydrogen-bond donors (Lipinski definition) is 1. The molecule has 3 nitrogen and oxygen atoms in total. The molecule has 0 aromatic heterocycles. The lowest BCUT2D eigenvalue weighted by Gasteiger charge is -2.19. The zero-order valence-electron chi connectivity index (χ0n) is 9.85. The van der Waals surface area contributed by atoms with Crippen molar-refractivity contribution >= 4 is 32.6 Å². The number of halogens is 1. The molecule has 0 aliphatic heterocycles. The van der Waals surface area contributed by atoms with Gasteiger partial charge in [0.2, 0.25) is 10.0 Å². The minimum atomic E-state index is -3.14. The van der Waals surface area contributed by atoms with Gasteiger partial charge in [0.1, 0.15) is 0 Å². The van der Waals surface area contributed by atoms with Gasteiger partial charge in [-0.2, -0.15) is 0 Å². The molecule has 0 amide bonds. The molecule has 0 radical (unpaired) electrons. The molecule has 0 aliphatic carbocycles. The Morgan fingerprint density at radius 2 is 1.60 bits per heavy atom. The van der Waals surface area contributed by atoms with Crippen molar-refractivity contribution in [3.05, 3.63) is 0 Å². The lowest BCUT2D eigenvalue weighted by molar-refractivity contribution is 0.540. The summed E-state index contributed by atoms with van der Waals surface area (Å²) in [6, 6.07) is 0. The van der Waals surface area contributed by atoms with Crippen LogP contribution < -0.4 is 4.72 Å². The second-order valence-corrected chi connectivity index (χ2v) is 8.21. The summed E-state index contributed by atoms with van der Waals surface area (Å²) in [5, 5.41) is 0. The van der Waals surface area contributed by atoms with Crippen LogP contribution in [0.15, 0.2) is 0 Å². The number of alkyl halides is 1. The highest BCUT2D eigenvalue weighted by Crippen LogP contribution is 2.13. The SMILES string of the molecule is CC(C)(C)S(=O)(=O)NCCCCCCI. The van der Waals surface area contributed by atoms with Gasteiger partial charge < -0.3 is 0 Å². The van der Waals surface area contributed by atoms with Gasteiger partial charge in [0.15, 0.2) is 0 Å². The fraction of sp³-hybridized carbons (Fsp3) is 1.00. The van der Waals surface area contributed by atoms with Gasteiger partial charge in [-0.15, -0.1) is 0 Å². The maximum Gasteiger partial charge on any atom is 0.216 e. The first kappa shape index (κ1) is 15.6. The first-order valence-corrected chi connectivity index (χ1v) is 8.37. The Morgan fingerprint density at radius 3 is 2.07 bits per heavy atom. The van der Waals surface area contributed by atoms with E-state index in [0.29, 0.717) is 6.54 Å². The van der Waals surface area contributed by atoms with E-state index >= 15 is 0 Å². The van der Waals surface area contributed by atoms with Crippen molar-refractivity contribution in [2.45, 2.75) is 51.2 Å². The Labute approximate surface area is 108 Å². The van der Waals surface area contributed by atoms with Crippen LogP contribution in [-0.2, 0) is 10.0 Å². The lowest BCUT2D eigenvalue weighted by Crippen LogP contribution is -2.39. The highest BCUT2D eigenvalue weighted by atomic mass is 127. The molecule has 0 rings (SSSR count). The average Bonchev–Trinajstić information content (AvgIpc) is 2.09. The minimum absolute atomic E-state index is 0.570. The van der Waals surface area contributed by atoms with E-state index < -0.39 is 14.8 Å². The van der Waals surface area contributed by atoms with Gasteiger partial charge in [-0.1, -0.05) is 35.4 Å². The maximum absolute atomic E-state index is 11.6. The summed E-state index contributed by atoms with van der Waals surface area (Å²) in [6.07, 6.45) is 4.47. The van der Waals surface area contributed by atoms with Gasteiger partial charge in [-0.25, -0.2) is 13.1 Å². The van der Waals surface area contributed by atoms with Gasteiger partial charge in [-0.3, -0.25) is 0 Å². The Bertz CT molecular complexity index is 257. The van der Waals surface area contributed by atoms with Crippen LogP contribution in [0.5, 0.6) is 0 Å². The third kappa shape index (κ3) is 6.73. The smallest absolute Gasteiger partial charge is 0.215 e. The molecule has 15 heavy (non-hydrogen) atoms. The van der Waals surface area contributed by atoms with Crippen molar-refractivity contribution < 1.29 is 8.42 Å². The number of sulfonamides is 1. The van der Waals surface area contributed by atoms with Crippen LogP contribution in [0.3, 0.4) is 0 Å². The summed E-state index contributed by atoms with van der Waals surface area (Å²) in [4.78, 5) is 0. The summed E-state index contributed by atoms with van der Waals surface area (Å²) in [5.41, 5.74) is 0. The molecule has 0 unspecified atom stereocenters. The molecule has 0 fully saturated rings. The van der Waals surface area contributed by atoms with Crippen molar-refractivity contribution in [2.24, 2.45) is 0 Å². The summed E-state index contributed by atoms with van der Waals surface area (Å²) in [5.74, 6) is 0. The molecule has 1 N–H and O–H groups in total. The van der Waals surface area contributed by atoms with Crippen LogP contribution in [0.2, 0.25) is 0 Å². The molecule has 0 atom stereocenters. The van der Waals surface area contributed by atoms with Crippen molar-refractivity contribution in [3.63, 3.8) is 0 Å². The summed E-state index contributed by atoms with van der Waals surface area (Å²) < 4.78 is 26.4. The molecule has 0 bridgehead atoms. The number of hydrogen-bond acceptors (Lipinski definition) is 2. The molecular weight excluding hydrogens is 325 g/mol. The van der Waals surface area contributed by atoms with Crippen LogP contribution in [0.25, 0.3) is 0 Å². The fourth-order valence-corrected chi connectivity index (χ4v) is 2.38. The minimum Gasteiger partial charge on any atom is -0.215 e. The molecule has 0 aromatic rings. The maximum atomic E-state index is 11.6. The first-order chi connectivity index (χ1) is 6.81. The number of unbranched alkanes of at least 4 members (excludes halogenated alkanes) is 3. The van der Waals surface area contributed by atoms with Crippen molar-refractivity contribution in [1.82, 2.24) is 4.72 Å². The van der Waals surface area contributed by atoms with E-state index in [2.05, 4.69) is 27.3 Å². The van der Waals surface area contributed by atoms with E-state index in [9.17, 15) is 8.42 Å². The zero-order valence-corrected chi connectivity index (χ0v) is 12.8. The number of rotatable bonds is 7. The van der Waals surface area contributed by atoms with Crippen molar-refractivity contribution in [2.75, 3.05) is 11.0 Å². The average molecular weight is 347 g/mol. The molecule has 0 saturated heterocycles. The second-order valence-electron chi connectivity index (χ2n) is 4.61. The van der Waals surface area contributed by atoms with E-state index in [4.69, 9.17) is 0 Å². The molecule has 0 aromatic carbocycles. The predicted molar refractivity (Wildman–Crippen MR) is 74.0 cm³/mol. The molecule has 0 saturated carbocycles. The third-order valence-electron chi connectivity index (χ3n) is 2.16. The number of nitrogens with one attached hydrogen (secondary N) is 1. The van der Waals surface area contributed by atoms with Gasteiger partial charge in [0.05, 0.1) is 4.75 Å². The molecule has 0 aliphatic rings. The Kier molecular flexibility index (Phi) is 7.36. The quantitative estimate of drug-likeness (QED) is 0.437. The largest absolute Gasteiger partial charge is 0.216 e. The highest BCUT2D eigenvalue weighted by molar-refractivity contribution is 14.1. The summed E-state index contributed by atoms with van der Waals surface area (Å²) in [7, 11) is -3.14. The van der Waals surface area contributed by atoms with Crippen LogP contribution in [0.4, 0.5) is 0 Å². The van der Waals surface area contributed by atoms with E-state index in [1.807, 2.05) is 0 Å². The van der Waals surface area contributed by atoms with Gasteiger partial charge in [-0.05, 0) is 38.0 Å². The molecular formula is C10H22INO2S. The third-order valence-corrected chi connectivity index (χ3v) is 5.12. The van der Waals surface area contributed by atoms with Gasteiger partial charge in [0, 0.05) is 6.54 Å². The standard InChI is InChI=1S/C10H22INO2S/c1-10(2,3)15(13,14)12-9-7-5-4-6-8-11/h12H,4-9H2,1-3H3. The highest BCUT2D eigenvalue weighted by Gasteiger charge is 2.27. The lowest BCUT2D eigenvalue weighted by atomic mass is 10.2. The Morgan fingerprint density at radius 1 is 1.07 bits per heavy atom. The first-order valence-electron chi connectivity index (χ1n) is 5.36. The van der Waals surface area contributed by atoms with E-state index in [1.165, 1.54) is 17.3 Å². The topological polar surface area (TPSA) is 46.2 Å². The fourth-order valence-electron chi connectivity index (χ4n) is 0.996. The van der Waals surface area contributed by atoms with Gasteiger partial charge >= 0.3 is 0 Å². The van der Waals surface area contributed by atoms with Crippen LogP contribution in [0, 0.1) is 0 Å². The normalized spacial score (nSPS) is 13.1. The molecule has 0 spiro atoms.